The van der Waals surface area contributed by atoms with Crippen molar-refractivity contribution in [1.82, 2.24) is 15.5 Å². The van der Waals surface area contributed by atoms with E-state index in [1.54, 1.807) is 49.9 Å². The van der Waals surface area contributed by atoms with Gasteiger partial charge in [-0.1, -0.05) is 105 Å². The van der Waals surface area contributed by atoms with Crippen LogP contribution in [0.15, 0.2) is 72.8 Å². The number of rotatable bonds is 16. The van der Waals surface area contributed by atoms with E-state index in [9.17, 15) is 19.5 Å². The SMILES string of the molecule is CCCCCCCCN(C(=O)C(Cc1ccc(O)cc1)NC(=O)OC(C)(C)C)C(C(=O)NCc1ccccc1)c1cc(C)ccc1C. The third-order valence-electron chi connectivity index (χ3n) is 8.00. The number of nitrogens with zero attached hydrogens (tertiary/aromatic N) is 1. The standard InChI is InChI=1S/C39H53N3O5/c1-7-8-9-10-11-15-24-42(37(45)34(41-38(46)47-39(4,5)6)26-30-20-22-32(43)23-21-30)35(33-25-28(2)18-19-29(33)3)36(44)40-27-31-16-13-12-14-17-31/h12-14,16-23,25,34-35,43H,7-11,15,24,26-27H2,1-6H3,(H,40,44)(H,41,46). The number of hydrogen-bond acceptors (Lipinski definition) is 5. The molecular formula is C39H53N3O5. The number of benzene rings is 3. The topological polar surface area (TPSA) is 108 Å². The van der Waals surface area contributed by atoms with Gasteiger partial charge in [-0.25, -0.2) is 4.79 Å². The summed E-state index contributed by atoms with van der Waals surface area (Å²) in [5.41, 5.74) is 3.54. The summed E-state index contributed by atoms with van der Waals surface area (Å²) < 4.78 is 5.57. The molecule has 3 rings (SSSR count). The Kier molecular flexibility index (Phi) is 14.3. The number of ether oxygens (including phenoxy) is 1. The quantitative estimate of drug-likeness (QED) is 0.139. The zero-order valence-corrected chi connectivity index (χ0v) is 29.0. The summed E-state index contributed by atoms with van der Waals surface area (Å²) in [6.45, 7) is 12.0. The van der Waals surface area contributed by atoms with Crippen LogP contribution in [-0.4, -0.2) is 46.1 Å². The minimum Gasteiger partial charge on any atom is -0.508 e. The molecule has 0 aromatic heterocycles. The Morgan fingerprint density at radius 1 is 0.851 bits per heavy atom. The number of unbranched alkanes of at least 4 members (excludes halogenated alkanes) is 5. The van der Waals surface area contributed by atoms with Crippen molar-refractivity contribution in [2.75, 3.05) is 6.54 Å². The smallest absolute Gasteiger partial charge is 0.408 e. The zero-order valence-electron chi connectivity index (χ0n) is 29.0. The van der Waals surface area contributed by atoms with Crippen molar-refractivity contribution >= 4 is 17.9 Å². The lowest BCUT2D eigenvalue weighted by molar-refractivity contribution is -0.142. The molecule has 0 saturated heterocycles. The van der Waals surface area contributed by atoms with Crippen LogP contribution in [-0.2, 0) is 27.3 Å². The summed E-state index contributed by atoms with van der Waals surface area (Å²) in [6, 6.07) is 20.2. The number of phenolic OH excluding ortho intramolecular Hbond substituents is 1. The first kappa shape index (κ1) is 37.1. The number of amides is 3. The third kappa shape index (κ3) is 12.4. The van der Waals surface area contributed by atoms with Crippen molar-refractivity contribution < 1.29 is 24.2 Å². The molecule has 0 aliphatic heterocycles. The van der Waals surface area contributed by atoms with Crippen molar-refractivity contribution in [3.05, 3.63) is 101 Å². The molecule has 3 aromatic rings. The summed E-state index contributed by atoms with van der Waals surface area (Å²) in [4.78, 5) is 43.8. The number of carbonyl (C=O) groups excluding carboxylic acids is 3. The van der Waals surface area contributed by atoms with Crippen LogP contribution in [0.3, 0.4) is 0 Å². The van der Waals surface area contributed by atoms with Gasteiger partial charge in [0.1, 0.15) is 23.4 Å². The van der Waals surface area contributed by atoms with E-state index in [0.29, 0.717) is 19.5 Å². The molecular weight excluding hydrogens is 590 g/mol. The van der Waals surface area contributed by atoms with Gasteiger partial charge in [-0.05, 0) is 75.4 Å². The lowest BCUT2D eigenvalue weighted by Gasteiger charge is -2.35. The monoisotopic (exact) mass is 643 g/mol. The molecule has 2 unspecified atom stereocenters. The summed E-state index contributed by atoms with van der Waals surface area (Å²) in [7, 11) is 0. The van der Waals surface area contributed by atoms with Crippen LogP contribution in [0.2, 0.25) is 0 Å². The second-order valence-corrected chi connectivity index (χ2v) is 13.3. The number of nitrogens with one attached hydrogen (secondary N) is 2. The van der Waals surface area contributed by atoms with Gasteiger partial charge in [0.25, 0.3) is 0 Å². The average molecular weight is 644 g/mol. The summed E-state index contributed by atoms with van der Waals surface area (Å²) in [6.07, 6.45) is 5.50. The molecule has 8 heteroatoms. The maximum absolute atomic E-state index is 14.8. The molecule has 3 N–H and O–H groups in total. The normalized spacial score (nSPS) is 12.6. The van der Waals surface area contributed by atoms with Crippen LogP contribution in [0.25, 0.3) is 0 Å². The molecule has 0 spiro atoms. The van der Waals surface area contributed by atoms with E-state index in [1.165, 1.54) is 0 Å². The van der Waals surface area contributed by atoms with Crippen LogP contribution < -0.4 is 10.6 Å². The molecule has 254 valence electrons. The first-order valence-electron chi connectivity index (χ1n) is 16.8. The van der Waals surface area contributed by atoms with Gasteiger partial charge in [0.15, 0.2) is 0 Å². The highest BCUT2D eigenvalue weighted by Crippen LogP contribution is 2.28. The lowest BCUT2D eigenvalue weighted by atomic mass is 9.95. The number of carbonyl (C=O) groups is 3. The van der Waals surface area contributed by atoms with E-state index in [2.05, 4.69) is 17.6 Å². The Morgan fingerprint density at radius 3 is 2.17 bits per heavy atom. The van der Waals surface area contributed by atoms with Crippen LogP contribution in [0, 0.1) is 13.8 Å². The third-order valence-corrected chi connectivity index (χ3v) is 8.00. The Labute approximate surface area is 280 Å². The van der Waals surface area contributed by atoms with E-state index < -0.39 is 23.8 Å². The van der Waals surface area contributed by atoms with Gasteiger partial charge < -0.3 is 25.4 Å². The molecule has 3 amide bonds. The Bertz CT molecular complexity index is 1430. The van der Waals surface area contributed by atoms with Gasteiger partial charge in [-0.15, -0.1) is 0 Å². The zero-order chi connectivity index (χ0) is 34.4. The fraction of sp³-hybridized carbons (Fsp3) is 0.462. The van der Waals surface area contributed by atoms with Gasteiger partial charge in [-0.2, -0.15) is 0 Å². The van der Waals surface area contributed by atoms with Gasteiger partial charge in [0.2, 0.25) is 11.8 Å². The van der Waals surface area contributed by atoms with Crippen molar-refractivity contribution in [3.8, 4) is 5.75 Å². The van der Waals surface area contributed by atoms with Crippen molar-refractivity contribution in [1.29, 1.82) is 0 Å². The summed E-state index contributed by atoms with van der Waals surface area (Å²) in [5.74, 6) is -0.563. The van der Waals surface area contributed by atoms with Crippen LogP contribution in [0.4, 0.5) is 4.79 Å². The maximum atomic E-state index is 14.8. The first-order valence-corrected chi connectivity index (χ1v) is 16.8. The number of phenols is 1. The molecule has 47 heavy (non-hydrogen) atoms. The van der Waals surface area contributed by atoms with E-state index in [1.807, 2.05) is 62.4 Å². The van der Waals surface area contributed by atoms with Crippen molar-refractivity contribution in [2.24, 2.45) is 0 Å². The fourth-order valence-electron chi connectivity index (χ4n) is 5.53. The second kappa shape index (κ2) is 18.1. The average Bonchev–Trinajstić information content (AvgIpc) is 3.02. The van der Waals surface area contributed by atoms with Crippen molar-refractivity contribution in [2.45, 2.75) is 111 Å². The lowest BCUT2D eigenvalue weighted by Crippen LogP contribution is -2.54. The van der Waals surface area contributed by atoms with E-state index in [0.717, 1.165) is 59.9 Å². The highest BCUT2D eigenvalue weighted by Gasteiger charge is 2.37. The van der Waals surface area contributed by atoms with E-state index >= 15 is 0 Å². The molecule has 0 aliphatic carbocycles. The van der Waals surface area contributed by atoms with Gasteiger partial charge in [0.05, 0.1) is 0 Å². The molecule has 0 saturated carbocycles. The highest BCUT2D eigenvalue weighted by atomic mass is 16.6. The minimum atomic E-state index is -1.02. The number of alkyl carbamates (subject to hydrolysis) is 1. The highest BCUT2D eigenvalue weighted by molar-refractivity contribution is 5.92. The number of hydrogen-bond donors (Lipinski definition) is 3. The van der Waals surface area contributed by atoms with E-state index in [4.69, 9.17) is 4.74 Å². The summed E-state index contributed by atoms with van der Waals surface area (Å²) >= 11 is 0. The van der Waals surface area contributed by atoms with Gasteiger partial charge in [-0.3, -0.25) is 9.59 Å². The first-order chi connectivity index (χ1) is 22.4. The molecule has 3 aromatic carbocycles. The van der Waals surface area contributed by atoms with Crippen LogP contribution >= 0.6 is 0 Å². The molecule has 0 aliphatic rings. The van der Waals surface area contributed by atoms with Crippen LogP contribution in [0.1, 0.15) is 100 Å². The number of aromatic hydroxyl groups is 1. The molecule has 0 bridgehead atoms. The largest absolute Gasteiger partial charge is 0.508 e. The van der Waals surface area contributed by atoms with Crippen molar-refractivity contribution in [3.63, 3.8) is 0 Å². The Balaban J connectivity index is 2.05. The summed E-state index contributed by atoms with van der Waals surface area (Å²) in [5, 5.41) is 15.8. The molecule has 0 fully saturated rings. The molecule has 0 heterocycles. The van der Waals surface area contributed by atoms with Gasteiger partial charge >= 0.3 is 6.09 Å². The maximum Gasteiger partial charge on any atom is 0.408 e. The van der Waals surface area contributed by atoms with Crippen LogP contribution in [0.5, 0.6) is 5.75 Å². The molecule has 8 nitrogen and oxygen atoms in total. The molecule has 2 atom stereocenters. The predicted octanol–water partition coefficient (Wildman–Crippen LogP) is 7.69. The Morgan fingerprint density at radius 2 is 1.51 bits per heavy atom. The van der Waals surface area contributed by atoms with E-state index in [-0.39, 0.29) is 24.0 Å². The second-order valence-electron chi connectivity index (χ2n) is 13.3. The minimum absolute atomic E-state index is 0.103. The fourth-order valence-corrected chi connectivity index (χ4v) is 5.53. The Hall–Kier alpha value is -4.33. The molecule has 0 radical (unpaired) electrons. The predicted molar refractivity (Wildman–Crippen MR) is 187 cm³/mol. The van der Waals surface area contributed by atoms with Gasteiger partial charge in [0, 0.05) is 19.5 Å². The number of aryl methyl sites for hydroxylation is 2.